The summed E-state index contributed by atoms with van der Waals surface area (Å²) in [6.45, 7) is 8.76. The third-order valence-electron chi connectivity index (χ3n) is 7.01. The van der Waals surface area contributed by atoms with Crippen LogP contribution in [0.1, 0.15) is 56.2 Å². The zero-order valence-electron chi connectivity index (χ0n) is 19.9. The maximum atomic E-state index is 13.5. The molecule has 0 atom stereocenters. The van der Waals surface area contributed by atoms with Crippen LogP contribution in [-0.2, 0) is 11.0 Å². The molecule has 9 heteroatoms. The van der Waals surface area contributed by atoms with Crippen molar-refractivity contribution in [3.63, 3.8) is 0 Å². The van der Waals surface area contributed by atoms with Gasteiger partial charge in [-0.1, -0.05) is 19.1 Å². The smallest absolute Gasteiger partial charge is 0.304 e. The Hall–Kier alpha value is -2.96. The second kappa shape index (κ2) is 9.25. The molecule has 0 aliphatic carbocycles. The van der Waals surface area contributed by atoms with E-state index in [9.17, 15) is 18.0 Å². The number of piperidine rings is 1. The first-order valence-corrected chi connectivity index (χ1v) is 12.0. The molecule has 5 nitrogen and oxygen atoms in total. The minimum Gasteiger partial charge on any atom is -0.304 e. The number of carbonyl (C=O) groups is 1. The summed E-state index contributed by atoms with van der Waals surface area (Å²) in [5.74, 6) is 0.0410. The van der Waals surface area contributed by atoms with Crippen LogP contribution in [-0.4, -0.2) is 41.1 Å². The molecule has 0 spiro atoms. The summed E-state index contributed by atoms with van der Waals surface area (Å²) in [7, 11) is 0. The Morgan fingerprint density at radius 1 is 1.09 bits per heavy atom. The molecular weight excluding hydrogens is 473 g/mol. The molecule has 35 heavy (non-hydrogen) atoms. The minimum atomic E-state index is -4.73. The quantitative estimate of drug-likeness (QED) is 0.505. The minimum absolute atomic E-state index is 0.0128. The molecule has 2 heterocycles. The normalized spacial score (nSPS) is 19.3. The van der Waals surface area contributed by atoms with Crippen molar-refractivity contribution in [1.82, 2.24) is 4.90 Å². The van der Waals surface area contributed by atoms with Crippen LogP contribution in [0.15, 0.2) is 42.5 Å². The molecule has 0 unspecified atom stereocenters. The van der Waals surface area contributed by atoms with Crippen molar-refractivity contribution in [3.8, 4) is 6.07 Å². The number of benzene rings is 2. The van der Waals surface area contributed by atoms with Crippen LogP contribution in [0.2, 0.25) is 0 Å². The molecule has 0 N–H and O–H groups in total. The van der Waals surface area contributed by atoms with Gasteiger partial charge in [0.15, 0.2) is 5.11 Å². The molecular formula is C26H27F3N4OS. The molecule has 2 fully saturated rings. The Morgan fingerprint density at radius 3 is 2.23 bits per heavy atom. The fraction of sp³-hybridized carbons (Fsp3) is 0.423. The monoisotopic (exact) mass is 500 g/mol. The number of amides is 1. The number of nitrogens with zero attached hydrogens (tertiary/aromatic N) is 4. The van der Waals surface area contributed by atoms with Crippen molar-refractivity contribution in [1.29, 1.82) is 5.26 Å². The van der Waals surface area contributed by atoms with Crippen LogP contribution in [0.25, 0.3) is 0 Å². The predicted octanol–water partition coefficient (Wildman–Crippen LogP) is 5.69. The Labute approximate surface area is 208 Å². The van der Waals surface area contributed by atoms with Gasteiger partial charge in [0.1, 0.15) is 5.54 Å². The van der Waals surface area contributed by atoms with Gasteiger partial charge in [-0.25, -0.2) is 0 Å². The van der Waals surface area contributed by atoms with E-state index < -0.39 is 28.7 Å². The van der Waals surface area contributed by atoms with E-state index in [1.807, 2.05) is 12.1 Å². The van der Waals surface area contributed by atoms with Crippen molar-refractivity contribution >= 4 is 34.6 Å². The van der Waals surface area contributed by atoms with Crippen LogP contribution >= 0.6 is 12.2 Å². The Kier molecular flexibility index (Phi) is 6.64. The van der Waals surface area contributed by atoms with Crippen LogP contribution in [0, 0.1) is 11.3 Å². The van der Waals surface area contributed by atoms with E-state index in [1.165, 1.54) is 11.6 Å². The van der Waals surface area contributed by atoms with Crippen molar-refractivity contribution in [3.05, 3.63) is 59.2 Å². The van der Waals surface area contributed by atoms with E-state index in [0.29, 0.717) is 11.6 Å². The van der Waals surface area contributed by atoms with Crippen molar-refractivity contribution in [2.24, 2.45) is 0 Å². The van der Waals surface area contributed by atoms with E-state index in [0.717, 1.165) is 49.5 Å². The molecule has 0 saturated carbocycles. The van der Waals surface area contributed by atoms with Crippen LogP contribution < -0.4 is 9.80 Å². The number of alkyl halides is 3. The Balaban J connectivity index is 1.63. The van der Waals surface area contributed by atoms with E-state index >= 15 is 0 Å². The summed E-state index contributed by atoms with van der Waals surface area (Å²) in [6, 6.07) is 12.7. The first kappa shape index (κ1) is 25.1. The molecule has 2 aliphatic rings. The van der Waals surface area contributed by atoms with Crippen LogP contribution in [0.5, 0.6) is 0 Å². The number of anilines is 2. The zero-order valence-corrected chi connectivity index (χ0v) is 20.7. The van der Waals surface area contributed by atoms with Crippen LogP contribution in [0.3, 0.4) is 0 Å². The first-order valence-electron chi connectivity index (χ1n) is 11.6. The summed E-state index contributed by atoms with van der Waals surface area (Å²) >= 11 is 5.61. The average molecular weight is 501 g/mol. The highest BCUT2D eigenvalue weighted by Gasteiger charge is 2.50. The number of carbonyl (C=O) groups excluding carboxylic acids is 1. The molecule has 0 bridgehead atoms. The number of likely N-dealkylation sites (tertiary alicyclic amines) is 1. The second-order valence-corrected chi connectivity index (χ2v) is 9.82. The molecule has 2 saturated heterocycles. The summed E-state index contributed by atoms with van der Waals surface area (Å²) in [6.07, 6.45) is -2.55. The van der Waals surface area contributed by atoms with Crippen molar-refractivity contribution in [2.75, 3.05) is 29.4 Å². The molecule has 2 aliphatic heterocycles. The summed E-state index contributed by atoms with van der Waals surface area (Å²) in [5.41, 5.74) is -0.774. The highest BCUT2D eigenvalue weighted by atomic mass is 32.1. The topological polar surface area (TPSA) is 50.6 Å². The van der Waals surface area contributed by atoms with Crippen LogP contribution in [0.4, 0.5) is 24.5 Å². The van der Waals surface area contributed by atoms with Crippen molar-refractivity contribution in [2.45, 2.75) is 51.2 Å². The fourth-order valence-electron chi connectivity index (χ4n) is 4.94. The lowest BCUT2D eigenvalue weighted by atomic mass is 9.89. The molecule has 0 aromatic heterocycles. The zero-order chi connectivity index (χ0) is 25.5. The Morgan fingerprint density at radius 2 is 1.69 bits per heavy atom. The van der Waals surface area contributed by atoms with E-state index in [4.69, 9.17) is 17.5 Å². The maximum Gasteiger partial charge on any atom is 0.417 e. The average Bonchev–Trinajstić information content (AvgIpc) is 3.01. The third-order valence-corrected chi connectivity index (χ3v) is 7.38. The third kappa shape index (κ3) is 4.53. The lowest BCUT2D eigenvalue weighted by Crippen LogP contribution is -2.44. The van der Waals surface area contributed by atoms with Gasteiger partial charge in [-0.15, -0.1) is 0 Å². The summed E-state index contributed by atoms with van der Waals surface area (Å²) in [4.78, 5) is 18.6. The van der Waals surface area contributed by atoms with Gasteiger partial charge in [0.2, 0.25) is 0 Å². The molecule has 0 radical (unpaired) electrons. The number of hydrogen-bond donors (Lipinski definition) is 0. The van der Waals surface area contributed by atoms with Gasteiger partial charge in [0.25, 0.3) is 5.91 Å². The molecule has 4 rings (SSSR count). The van der Waals surface area contributed by atoms with Gasteiger partial charge >= 0.3 is 6.18 Å². The predicted molar refractivity (Wildman–Crippen MR) is 133 cm³/mol. The molecule has 1 amide bonds. The largest absolute Gasteiger partial charge is 0.417 e. The lowest BCUT2D eigenvalue weighted by molar-refractivity contribution is -0.137. The SMILES string of the molecule is CCN1CCC(c2ccc(N3C(=S)N(c4ccc(C#N)c(C(F)(F)F)c4)C(=O)C3(C)C)cc2)CC1. The van der Waals surface area contributed by atoms with E-state index in [1.54, 1.807) is 24.8 Å². The van der Waals surface area contributed by atoms with Gasteiger partial charge < -0.3 is 9.80 Å². The highest BCUT2D eigenvalue weighted by molar-refractivity contribution is 7.81. The number of hydrogen-bond acceptors (Lipinski definition) is 4. The number of nitriles is 1. The number of rotatable bonds is 4. The maximum absolute atomic E-state index is 13.5. The lowest BCUT2D eigenvalue weighted by Gasteiger charge is -2.32. The van der Waals surface area contributed by atoms with Gasteiger partial charge in [-0.05, 0) is 100 Å². The molecule has 2 aromatic carbocycles. The van der Waals surface area contributed by atoms with Gasteiger partial charge in [0.05, 0.1) is 22.9 Å². The summed E-state index contributed by atoms with van der Waals surface area (Å²) < 4.78 is 40.6. The van der Waals surface area contributed by atoms with Gasteiger partial charge in [0, 0.05) is 5.69 Å². The summed E-state index contributed by atoms with van der Waals surface area (Å²) in [5, 5.41) is 9.19. The van der Waals surface area contributed by atoms with Gasteiger partial charge in [-0.3, -0.25) is 9.69 Å². The highest BCUT2D eigenvalue weighted by Crippen LogP contribution is 2.40. The number of thiocarbonyl (C=S) groups is 1. The van der Waals surface area contributed by atoms with Crippen molar-refractivity contribution < 1.29 is 18.0 Å². The van der Waals surface area contributed by atoms with E-state index in [-0.39, 0.29) is 10.8 Å². The fourth-order valence-corrected chi connectivity index (χ4v) is 5.46. The van der Waals surface area contributed by atoms with Gasteiger partial charge in [-0.2, -0.15) is 18.4 Å². The molecule has 184 valence electrons. The Bertz CT molecular complexity index is 1180. The molecule has 2 aromatic rings. The van der Waals surface area contributed by atoms with E-state index in [2.05, 4.69) is 24.0 Å². The number of halogens is 3. The standard InChI is InChI=1S/C26H27F3N4OS/c1-4-31-13-11-18(12-14-31)17-5-8-20(9-6-17)33-24(35)32(23(34)25(33,2)3)21-10-7-19(16-30)22(15-21)26(27,28)29/h5-10,15,18H,4,11-14H2,1-3H3. The first-order chi connectivity index (χ1) is 16.5. The second-order valence-electron chi connectivity index (χ2n) is 9.46.